The summed E-state index contributed by atoms with van der Waals surface area (Å²) in [5.41, 5.74) is 18.0. The van der Waals surface area contributed by atoms with E-state index in [0.717, 1.165) is 39.7 Å². The smallest absolute Gasteiger partial charge is 0.0465 e. The third-order valence-corrected chi connectivity index (χ3v) is 11.1. The zero-order chi connectivity index (χ0) is 38.1. The van der Waals surface area contributed by atoms with Crippen LogP contribution in [0.1, 0.15) is 41.7 Å². The Balaban J connectivity index is 0.999. The molecule has 0 atom stereocenters. The predicted octanol–water partition coefficient (Wildman–Crippen LogP) is 15.1. The molecule has 0 spiro atoms. The Labute approximate surface area is 331 Å². The van der Waals surface area contributed by atoms with Crippen molar-refractivity contribution in [2.75, 3.05) is 9.80 Å². The van der Waals surface area contributed by atoms with E-state index in [4.69, 9.17) is 0 Å². The third-order valence-electron chi connectivity index (χ3n) is 11.1. The molecule has 0 saturated heterocycles. The van der Waals surface area contributed by atoms with Crippen molar-refractivity contribution in [1.29, 1.82) is 0 Å². The van der Waals surface area contributed by atoms with E-state index in [9.17, 15) is 0 Å². The van der Waals surface area contributed by atoms with E-state index in [-0.39, 0.29) is 5.41 Å². The van der Waals surface area contributed by atoms with Crippen molar-refractivity contribution in [2.45, 2.75) is 26.2 Å². The maximum Gasteiger partial charge on any atom is 0.0465 e. The number of fused-ring (bicyclic) bond motifs is 3. The summed E-state index contributed by atoms with van der Waals surface area (Å²) in [5.74, 6) is 0. The Morgan fingerprint density at radius 2 is 0.750 bits per heavy atom. The van der Waals surface area contributed by atoms with Crippen LogP contribution in [-0.4, -0.2) is 0 Å². The van der Waals surface area contributed by atoms with Gasteiger partial charge in [-0.1, -0.05) is 159 Å². The number of anilines is 6. The molecule has 9 rings (SSSR count). The molecule has 0 radical (unpaired) electrons. The highest BCUT2D eigenvalue weighted by atomic mass is 15.1. The summed E-state index contributed by atoms with van der Waals surface area (Å²) >= 11 is 0. The van der Waals surface area contributed by atoms with Gasteiger partial charge < -0.3 is 9.80 Å². The zero-order valence-electron chi connectivity index (χ0n) is 32.1. The van der Waals surface area contributed by atoms with Crippen molar-refractivity contribution in [3.63, 3.8) is 0 Å². The lowest BCUT2D eigenvalue weighted by molar-refractivity contribution is 0.660. The fraction of sp³-hybridized carbons (Fsp3) is 0.0741. The predicted molar refractivity (Wildman–Crippen MR) is 239 cm³/mol. The molecular weight excluding hydrogens is 677 g/mol. The normalized spacial score (nSPS) is 12.6. The Bertz CT molecular complexity index is 2580. The largest absolute Gasteiger partial charge is 0.311 e. The Hall–Kier alpha value is -6.90. The van der Waals surface area contributed by atoms with Crippen LogP contribution in [0.25, 0.3) is 34.4 Å². The van der Waals surface area contributed by atoms with Gasteiger partial charge in [0.2, 0.25) is 0 Å². The van der Waals surface area contributed by atoms with Gasteiger partial charge in [0, 0.05) is 39.5 Å². The second kappa shape index (κ2) is 14.7. The van der Waals surface area contributed by atoms with Crippen molar-refractivity contribution in [2.24, 2.45) is 0 Å². The first-order valence-corrected chi connectivity index (χ1v) is 19.4. The molecule has 2 heteroatoms. The van der Waals surface area contributed by atoms with Crippen molar-refractivity contribution in [1.82, 2.24) is 0 Å². The topological polar surface area (TPSA) is 6.48 Å². The molecule has 0 bridgehead atoms. The van der Waals surface area contributed by atoms with Gasteiger partial charge in [-0.2, -0.15) is 0 Å². The number of para-hydroxylation sites is 2. The number of hydrogen-bond donors (Lipinski definition) is 0. The molecule has 8 aromatic rings. The highest BCUT2D eigenvalue weighted by Gasteiger charge is 2.36. The second-order valence-corrected chi connectivity index (χ2v) is 15.2. The SMILES string of the molecule is Cc1ccc(N(c2ccc(-c3ccccc3)cc2)c2ccc3c(c2)C(C)(C)c2cc(C=Cc4ccc(N(c5ccccc5)c5ccccc5)cc4)ccc2-3)cc1. The van der Waals surface area contributed by atoms with Crippen molar-refractivity contribution >= 4 is 46.3 Å². The molecule has 1 aliphatic rings. The van der Waals surface area contributed by atoms with Gasteiger partial charge in [0.05, 0.1) is 0 Å². The summed E-state index contributed by atoms with van der Waals surface area (Å²) < 4.78 is 0. The van der Waals surface area contributed by atoms with Crippen LogP contribution in [0, 0.1) is 6.92 Å². The highest BCUT2D eigenvalue weighted by molar-refractivity contribution is 5.87. The van der Waals surface area contributed by atoms with E-state index in [0.29, 0.717) is 0 Å². The summed E-state index contributed by atoms with van der Waals surface area (Å²) in [6.45, 7) is 6.87. The van der Waals surface area contributed by atoms with E-state index in [1.54, 1.807) is 0 Å². The van der Waals surface area contributed by atoms with Crippen LogP contribution in [0.15, 0.2) is 200 Å². The summed E-state index contributed by atoms with van der Waals surface area (Å²) in [4.78, 5) is 4.67. The standard InChI is InChI=1S/C54H44N2/c1-39-19-28-46(29-20-39)56(48-32-26-43(27-33-48)42-13-7-4-8-14-42)49-34-36-51-50-35-25-41(37-52(50)54(2,3)53(51)38-49)22-21-40-23-30-47(31-24-40)55(44-15-9-5-10-16-44)45-17-11-6-12-18-45/h4-38H,1-3H3. The van der Waals surface area contributed by atoms with Crippen LogP contribution in [0.4, 0.5) is 34.1 Å². The third kappa shape index (κ3) is 6.71. The van der Waals surface area contributed by atoms with Crippen molar-refractivity contribution < 1.29 is 0 Å². The van der Waals surface area contributed by atoms with Crippen molar-refractivity contribution in [3.05, 3.63) is 228 Å². The fourth-order valence-electron chi connectivity index (χ4n) is 8.09. The monoisotopic (exact) mass is 720 g/mol. The number of hydrogen-bond acceptors (Lipinski definition) is 2. The Morgan fingerprint density at radius 3 is 1.34 bits per heavy atom. The summed E-state index contributed by atoms with van der Waals surface area (Å²) in [7, 11) is 0. The lowest BCUT2D eigenvalue weighted by Gasteiger charge is -2.28. The molecule has 8 aromatic carbocycles. The molecule has 0 unspecified atom stereocenters. The average molecular weight is 721 g/mol. The quantitative estimate of drug-likeness (QED) is 0.137. The fourth-order valence-corrected chi connectivity index (χ4v) is 8.09. The number of aryl methyl sites for hydroxylation is 1. The molecule has 56 heavy (non-hydrogen) atoms. The summed E-state index contributed by atoms with van der Waals surface area (Å²) in [6.07, 6.45) is 4.46. The first-order chi connectivity index (χ1) is 27.4. The van der Waals surface area contributed by atoms with Gasteiger partial charge in [-0.25, -0.2) is 0 Å². The van der Waals surface area contributed by atoms with E-state index in [2.05, 4.69) is 243 Å². The van der Waals surface area contributed by atoms with Gasteiger partial charge in [0.15, 0.2) is 0 Å². The van der Waals surface area contributed by atoms with Gasteiger partial charge in [0.25, 0.3) is 0 Å². The molecule has 0 fully saturated rings. The number of nitrogens with zero attached hydrogens (tertiary/aromatic N) is 2. The van der Waals surface area contributed by atoms with Gasteiger partial charge in [-0.05, 0) is 124 Å². The Morgan fingerprint density at radius 1 is 0.357 bits per heavy atom. The number of benzene rings is 8. The van der Waals surface area contributed by atoms with Gasteiger partial charge in [0.1, 0.15) is 0 Å². The minimum atomic E-state index is -0.166. The van der Waals surface area contributed by atoms with Crippen LogP contribution < -0.4 is 9.80 Å². The molecule has 2 nitrogen and oxygen atoms in total. The lowest BCUT2D eigenvalue weighted by Crippen LogP contribution is -2.16. The summed E-state index contributed by atoms with van der Waals surface area (Å²) in [5, 5.41) is 0. The Kier molecular flexibility index (Phi) is 9.17. The highest BCUT2D eigenvalue weighted by Crippen LogP contribution is 2.51. The molecule has 1 aliphatic carbocycles. The van der Waals surface area contributed by atoms with Gasteiger partial charge in [-0.15, -0.1) is 0 Å². The number of rotatable bonds is 9. The first kappa shape index (κ1) is 34.8. The zero-order valence-corrected chi connectivity index (χ0v) is 32.1. The van der Waals surface area contributed by atoms with E-state index in [1.165, 1.54) is 44.5 Å². The molecule has 0 heterocycles. The molecular formula is C54H44N2. The molecule has 0 N–H and O–H groups in total. The van der Waals surface area contributed by atoms with E-state index in [1.807, 2.05) is 0 Å². The maximum absolute atomic E-state index is 2.41. The van der Waals surface area contributed by atoms with Crippen LogP contribution in [0.5, 0.6) is 0 Å². The van der Waals surface area contributed by atoms with E-state index < -0.39 is 0 Å². The lowest BCUT2D eigenvalue weighted by atomic mass is 9.81. The maximum atomic E-state index is 2.41. The molecule has 0 saturated carbocycles. The minimum absolute atomic E-state index is 0.166. The van der Waals surface area contributed by atoms with Crippen LogP contribution in [0.2, 0.25) is 0 Å². The van der Waals surface area contributed by atoms with Crippen LogP contribution >= 0.6 is 0 Å². The molecule has 270 valence electrons. The average Bonchev–Trinajstić information content (AvgIpc) is 3.47. The first-order valence-electron chi connectivity index (χ1n) is 19.4. The van der Waals surface area contributed by atoms with E-state index >= 15 is 0 Å². The van der Waals surface area contributed by atoms with Gasteiger partial charge in [-0.3, -0.25) is 0 Å². The van der Waals surface area contributed by atoms with Crippen LogP contribution in [-0.2, 0) is 5.41 Å². The second-order valence-electron chi connectivity index (χ2n) is 15.2. The van der Waals surface area contributed by atoms with Crippen LogP contribution in [0.3, 0.4) is 0 Å². The molecule has 0 aliphatic heterocycles. The molecule has 0 amide bonds. The van der Waals surface area contributed by atoms with Gasteiger partial charge >= 0.3 is 0 Å². The minimum Gasteiger partial charge on any atom is -0.311 e. The molecule has 0 aromatic heterocycles. The van der Waals surface area contributed by atoms with Crippen molar-refractivity contribution in [3.8, 4) is 22.3 Å². The summed E-state index contributed by atoms with van der Waals surface area (Å²) in [6, 6.07) is 72.2.